The first-order valence-electron chi connectivity index (χ1n) is 8.48. The molecule has 2 aromatic rings. The van der Waals surface area contributed by atoms with Crippen molar-refractivity contribution >= 4 is 38.9 Å². The summed E-state index contributed by atoms with van der Waals surface area (Å²) in [4.78, 5) is 2.34. The zero-order chi connectivity index (χ0) is 19.1. The molecule has 1 fully saturated rings. The van der Waals surface area contributed by atoms with Gasteiger partial charge in [0.1, 0.15) is 4.90 Å². The lowest BCUT2D eigenvalue weighted by atomic mass is 10.1. The van der Waals surface area contributed by atoms with Crippen molar-refractivity contribution in [3.8, 4) is 0 Å². The Labute approximate surface area is 165 Å². The van der Waals surface area contributed by atoms with E-state index in [1.165, 1.54) is 21.5 Å². The minimum atomic E-state index is -3.64. The van der Waals surface area contributed by atoms with Gasteiger partial charge in [0, 0.05) is 36.9 Å². The summed E-state index contributed by atoms with van der Waals surface area (Å²) in [7, 11) is -3.64. The summed E-state index contributed by atoms with van der Waals surface area (Å²) in [6.45, 7) is 8.08. The number of hydrogen-bond donors (Lipinski definition) is 0. The number of nitrogens with zero attached hydrogens (tertiary/aromatic N) is 2. The Morgan fingerprint density at radius 2 is 1.46 bits per heavy atom. The van der Waals surface area contributed by atoms with Crippen LogP contribution in [0.25, 0.3) is 0 Å². The average molecular weight is 413 g/mol. The minimum absolute atomic E-state index is 0.126. The van der Waals surface area contributed by atoms with E-state index in [0.717, 1.165) is 5.69 Å². The molecule has 0 atom stereocenters. The van der Waals surface area contributed by atoms with E-state index in [4.69, 9.17) is 23.2 Å². The third kappa shape index (κ3) is 3.72. The standard InChI is InChI=1S/C19H22Cl2N2O2S/c1-13-4-5-16(10-14(13)2)22-6-8-23(9-7-22)26(24,25)19-11-15(3)17(20)12-18(19)21/h4-5,10-12H,6-9H2,1-3H3. The summed E-state index contributed by atoms with van der Waals surface area (Å²) in [5, 5.41) is 0.630. The van der Waals surface area contributed by atoms with Crippen LogP contribution in [0, 0.1) is 20.8 Å². The number of benzene rings is 2. The van der Waals surface area contributed by atoms with Crippen molar-refractivity contribution in [2.45, 2.75) is 25.7 Å². The number of piperazine rings is 1. The predicted octanol–water partition coefficient (Wildman–Crippen LogP) is 4.43. The number of rotatable bonds is 3. The van der Waals surface area contributed by atoms with Gasteiger partial charge in [0.2, 0.25) is 10.0 Å². The quantitative estimate of drug-likeness (QED) is 0.748. The third-order valence-electron chi connectivity index (χ3n) is 4.93. The number of anilines is 1. The molecule has 1 heterocycles. The number of aryl methyl sites for hydroxylation is 3. The van der Waals surface area contributed by atoms with Gasteiger partial charge in [-0.15, -0.1) is 0 Å². The Kier molecular flexibility index (Phi) is 5.54. The van der Waals surface area contributed by atoms with Gasteiger partial charge in [0.15, 0.2) is 0 Å². The fourth-order valence-corrected chi connectivity index (χ4v) is 5.31. The van der Waals surface area contributed by atoms with Crippen LogP contribution in [0.4, 0.5) is 5.69 Å². The van der Waals surface area contributed by atoms with Crippen molar-refractivity contribution in [3.63, 3.8) is 0 Å². The summed E-state index contributed by atoms with van der Waals surface area (Å²) >= 11 is 12.2. The smallest absolute Gasteiger partial charge is 0.244 e. The van der Waals surface area contributed by atoms with E-state index in [1.807, 2.05) is 0 Å². The van der Waals surface area contributed by atoms with Crippen LogP contribution in [0.2, 0.25) is 10.0 Å². The lowest BCUT2D eigenvalue weighted by molar-refractivity contribution is 0.385. The van der Waals surface area contributed by atoms with Crippen LogP contribution in [0.1, 0.15) is 16.7 Å². The number of sulfonamides is 1. The highest BCUT2D eigenvalue weighted by Gasteiger charge is 2.30. The minimum Gasteiger partial charge on any atom is -0.369 e. The van der Waals surface area contributed by atoms with Gasteiger partial charge in [-0.2, -0.15) is 4.31 Å². The van der Waals surface area contributed by atoms with Gasteiger partial charge < -0.3 is 4.90 Å². The molecular weight excluding hydrogens is 391 g/mol. The summed E-state index contributed by atoms with van der Waals surface area (Å²) in [6.07, 6.45) is 0. The lowest BCUT2D eigenvalue weighted by Gasteiger charge is -2.35. The molecule has 1 aliphatic heterocycles. The van der Waals surface area contributed by atoms with Crippen LogP contribution >= 0.6 is 23.2 Å². The third-order valence-corrected chi connectivity index (χ3v) is 7.70. The van der Waals surface area contributed by atoms with E-state index in [0.29, 0.717) is 36.8 Å². The average Bonchev–Trinajstić information content (AvgIpc) is 2.60. The van der Waals surface area contributed by atoms with Gasteiger partial charge >= 0.3 is 0 Å². The molecule has 1 saturated heterocycles. The predicted molar refractivity (Wildman–Crippen MR) is 108 cm³/mol. The van der Waals surface area contributed by atoms with Gasteiger partial charge in [0.05, 0.1) is 5.02 Å². The first-order valence-corrected chi connectivity index (χ1v) is 10.7. The fourth-order valence-electron chi connectivity index (χ4n) is 3.08. The van der Waals surface area contributed by atoms with Gasteiger partial charge in [-0.25, -0.2) is 8.42 Å². The van der Waals surface area contributed by atoms with Crippen molar-refractivity contribution in [2.75, 3.05) is 31.1 Å². The maximum absolute atomic E-state index is 13.0. The van der Waals surface area contributed by atoms with Crippen molar-refractivity contribution < 1.29 is 8.42 Å². The zero-order valence-electron chi connectivity index (χ0n) is 15.1. The molecule has 0 spiro atoms. The zero-order valence-corrected chi connectivity index (χ0v) is 17.4. The maximum atomic E-state index is 13.0. The second-order valence-electron chi connectivity index (χ2n) is 6.69. The van der Waals surface area contributed by atoms with Crippen molar-refractivity contribution in [1.29, 1.82) is 0 Å². The van der Waals surface area contributed by atoms with E-state index < -0.39 is 10.0 Å². The molecular formula is C19H22Cl2N2O2S. The van der Waals surface area contributed by atoms with Gasteiger partial charge in [-0.3, -0.25) is 0 Å². The van der Waals surface area contributed by atoms with Crippen LogP contribution < -0.4 is 4.90 Å². The summed E-state index contributed by atoms with van der Waals surface area (Å²) in [5.41, 5.74) is 4.32. The summed E-state index contributed by atoms with van der Waals surface area (Å²) in [5.74, 6) is 0. The maximum Gasteiger partial charge on any atom is 0.244 e. The molecule has 2 aromatic carbocycles. The summed E-state index contributed by atoms with van der Waals surface area (Å²) < 4.78 is 27.5. The Balaban J connectivity index is 1.78. The Morgan fingerprint density at radius 3 is 2.08 bits per heavy atom. The van der Waals surface area contributed by atoms with E-state index in [1.54, 1.807) is 13.0 Å². The van der Waals surface area contributed by atoms with Crippen LogP contribution in [0.15, 0.2) is 35.2 Å². The van der Waals surface area contributed by atoms with E-state index >= 15 is 0 Å². The van der Waals surface area contributed by atoms with Crippen LogP contribution in [-0.4, -0.2) is 38.9 Å². The molecule has 0 saturated carbocycles. The molecule has 0 bridgehead atoms. The monoisotopic (exact) mass is 412 g/mol. The molecule has 3 rings (SSSR count). The van der Waals surface area contributed by atoms with E-state index in [-0.39, 0.29) is 9.92 Å². The van der Waals surface area contributed by atoms with Gasteiger partial charge in [-0.05, 0) is 61.7 Å². The molecule has 0 unspecified atom stereocenters. The van der Waals surface area contributed by atoms with Gasteiger partial charge in [0.25, 0.3) is 0 Å². The first kappa shape index (κ1) is 19.5. The Hall–Kier alpha value is -1.27. The molecule has 0 amide bonds. The van der Waals surface area contributed by atoms with E-state index in [9.17, 15) is 8.42 Å². The van der Waals surface area contributed by atoms with Crippen LogP contribution in [-0.2, 0) is 10.0 Å². The topological polar surface area (TPSA) is 40.6 Å². The molecule has 7 heteroatoms. The highest BCUT2D eigenvalue weighted by Crippen LogP contribution is 2.31. The lowest BCUT2D eigenvalue weighted by Crippen LogP contribution is -2.48. The number of hydrogen-bond acceptors (Lipinski definition) is 3. The molecule has 1 aliphatic rings. The highest BCUT2D eigenvalue weighted by molar-refractivity contribution is 7.89. The second kappa shape index (κ2) is 7.39. The summed E-state index contributed by atoms with van der Waals surface area (Å²) in [6, 6.07) is 9.39. The molecule has 140 valence electrons. The molecule has 4 nitrogen and oxygen atoms in total. The van der Waals surface area contributed by atoms with Crippen LogP contribution in [0.3, 0.4) is 0 Å². The molecule has 0 aromatic heterocycles. The molecule has 26 heavy (non-hydrogen) atoms. The van der Waals surface area contributed by atoms with Crippen LogP contribution in [0.5, 0.6) is 0 Å². The SMILES string of the molecule is Cc1ccc(N2CCN(S(=O)(=O)c3cc(C)c(Cl)cc3Cl)CC2)cc1C. The second-order valence-corrected chi connectivity index (χ2v) is 9.41. The van der Waals surface area contributed by atoms with E-state index in [2.05, 4.69) is 36.9 Å². The Bertz CT molecular complexity index is 937. The normalized spacial score (nSPS) is 16.1. The fraction of sp³-hybridized carbons (Fsp3) is 0.368. The van der Waals surface area contributed by atoms with Crippen molar-refractivity contribution in [1.82, 2.24) is 4.31 Å². The molecule has 0 N–H and O–H groups in total. The Morgan fingerprint density at radius 1 is 0.808 bits per heavy atom. The first-order chi connectivity index (χ1) is 12.2. The van der Waals surface area contributed by atoms with Crippen molar-refractivity contribution in [3.05, 3.63) is 57.1 Å². The number of halogens is 2. The van der Waals surface area contributed by atoms with Crippen molar-refractivity contribution in [2.24, 2.45) is 0 Å². The molecule has 0 radical (unpaired) electrons. The molecule has 0 aliphatic carbocycles. The largest absolute Gasteiger partial charge is 0.369 e. The van der Waals surface area contributed by atoms with Gasteiger partial charge in [-0.1, -0.05) is 29.3 Å². The highest BCUT2D eigenvalue weighted by atomic mass is 35.5.